The highest BCUT2D eigenvalue weighted by molar-refractivity contribution is 6.14. The molecule has 0 N–H and O–H groups in total. The Balaban J connectivity index is 0.000000104. The van der Waals surface area contributed by atoms with Gasteiger partial charge in [0.25, 0.3) is 0 Å². The summed E-state index contributed by atoms with van der Waals surface area (Å²) in [5, 5.41) is 9.17. The summed E-state index contributed by atoms with van der Waals surface area (Å²) in [6.07, 6.45) is 9.60. The molecule has 4 aliphatic rings. The topological polar surface area (TPSA) is 143 Å². The van der Waals surface area contributed by atoms with E-state index in [4.69, 9.17) is 32.6 Å². The Morgan fingerprint density at radius 2 is 0.559 bits per heavy atom. The van der Waals surface area contributed by atoms with Crippen molar-refractivity contribution in [2.75, 3.05) is 39.2 Å². The number of benzene rings is 9. The Kier molecular flexibility index (Phi) is 17.4. The number of furan rings is 4. The van der Waals surface area contributed by atoms with Gasteiger partial charge in [-0.15, -0.1) is 0 Å². The molecule has 0 radical (unpaired) electrons. The van der Waals surface area contributed by atoms with E-state index in [2.05, 4.69) is 286 Å². The van der Waals surface area contributed by atoms with Crippen molar-refractivity contribution in [3.05, 3.63) is 266 Å². The Morgan fingerprint density at radius 3 is 0.982 bits per heavy atom. The van der Waals surface area contributed by atoms with Crippen LogP contribution in [0, 0.1) is 27.7 Å². The molecule has 4 unspecified atom stereocenters. The third kappa shape index (κ3) is 11.3. The van der Waals surface area contributed by atoms with E-state index in [-0.39, 0.29) is 24.7 Å². The molecule has 12 heterocycles. The zero-order valence-corrected chi connectivity index (χ0v) is 65.1. The van der Waals surface area contributed by atoms with Gasteiger partial charge in [0.05, 0.1) is 39.8 Å². The van der Waals surface area contributed by atoms with Gasteiger partial charge in [-0.05, 0) is 192 Å². The molecule has 0 bridgehead atoms. The average molecular weight is 1460 g/mol. The number of hydrogen-bond donors (Lipinski definition) is 0. The van der Waals surface area contributed by atoms with Crippen LogP contribution in [0.25, 0.3) is 87.8 Å². The number of para-hydroxylation sites is 5. The smallest absolute Gasteiger partial charge is 0.178 e. The first-order valence-electron chi connectivity index (χ1n) is 38.6. The first-order chi connectivity index (χ1) is 54.0. The molecule has 4 atom stereocenters. The van der Waals surface area contributed by atoms with Crippen LogP contribution in [0.15, 0.2) is 261 Å². The maximum atomic E-state index is 6.39. The maximum absolute atomic E-state index is 6.39. The van der Waals surface area contributed by atoms with Crippen molar-refractivity contribution in [2.24, 2.45) is 0 Å². The fourth-order valence-corrected chi connectivity index (χ4v) is 17.8. The zero-order valence-electron chi connectivity index (χ0n) is 65.1. The van der Waals surface area contributed by atoms with E-state index in [9.17, 15) is 0 Å². The van der Waals surface area contributed by atoms with Gasteiger partial charge in [0, 0.05) is 97.9 Å². The molecule has 0 amide bonds. The summed E-state index contributed by atoms with van der Waals surface area (Å²) in [4.78, 5) is 42.3. The number of aromatic nitrogens is 5. The highest BCUT2D eigenvalue weighted by atomic mass is 16.3. The SMILES string of the molecule is Cc1ccc2c(oc3ccccc32)c1N1c2cccnc2N(C(C)C)C1C.Cc1ccc2c(oc3ccccc32)c1N1c2ncccc2N(C(C)C)C1C.Cc1ccc2c(oc3ccccc32)c1N1c2ncccc2N(c2ccccc2)C1C.Cc1ccc2c(oc3ccccc32)c1N1c2nccnc2N(C(C)C)C1C. The van der Waals surface area contributed by atoms with E-state index < -0.39 is 0 Å². The standard InChI is InChI=1S/C26H21N3O.2C23H23N3O.C22H22N4O/c1-17-14-15-21-20-11-6-7-13-23(20)30-25(21)24(17)29-18(2)28(19-9-4-3-5-10-19)22-12-8-16-27-26(22)29;1-14(2)25-16(4)26(19-9-7-13-24-23(19)25)21-15(3)11-12-18-17-8-5-6-10-20(17)27-22(18)21;1-14(2)25-16(4)26(23-19(25)9-7-13-24-23)21-15(3)11-12-18-17-8-5-6-10-20(17)27-22(18)21;1-13(2)25-15(4)26(22-21(25)23-11-12-24-22)19-14(3)9-10-17-16-7-5-6-8-18(16)27-20(17)19/h3-16,18H,1-2H3;2*5-14,16H,1-4H3;5-13,15H,1-4H3. The lowest BCUT2D eigenvalue weighted by Gasteiger charge is -2.33. The lowest BCUT2D eigenvalue weighted by Crippen LogP contribution is -2.42. The van der Waals surface area contributed by atoms with E-state index in [1.165, 1.54) is 22.4 Å². The summed E-state index contributed by atoms with van der Waals surface area (Å²) in [5.41, 5.74) is 21.0. The van der Waals surface area contributed by atoms with Gasteiger partial charge in [-0.25, -0.2) is 24.9 Å². The number of pyridine rings is 3. The van der Waals surface area contributed by atoms with Gasteiger partial charge in [0.15, 0.2) is 51.4 Å². The van der Waals surface area contributed by atoms with E-state index in [1.54, 1.807) is 12.4 Å². The third-order valence-electron chi connectivity index (χ3n) is 22.6. The van der Waals surface area contributed by atoms with Crippen molar-refractivity contribution in [2.45, 2.75) is 140 Å². The minimum Gasteiger partial charge on any atom is -0.454 e. The summed E-state index contributed by atoms with van der Waals surface area (Å²) >= 11 is 0. The van der Waals surface area contributed by atoms with Crippen LogP contribution < -0.4 is 39.2 Å². The van der Waals surface area contributed by atoms with Gasteiger partial charge in [-0.2, -0.15) is 0 Å². The fraction of sp³-hybridized carbons (Fsp3) is 0.223. The zero-order chi connectivity index (χ0) is 76.4. The second-order valence-electron chi connectivity index (χ2n) is 30.3. The Hall–Kier alpha value is -12.9. The molecule has 0 saturated heterocycles. The molecule has 554 valence electrons. The second kappa shape index (κ2) is 27.7. The molecule has 17 heteroatoms. The second-order valence-corrected chi connectivity index (χ2v) is 30.3. The van der Waals surface area contributed by atoms with Crippen LogP contribution in [-0.4, -0.2) is 67.7 Å². The lowest BCUT2D eigenvalue weighted by atomic mass is 10.1. The summed E-state index contributed by atoms with van der Waals surface area (Å²) in [6, 6.07) is 74.3. The molecule has 0 aliphatic carbocycles. The Bertz CT molecular complexity index is 5980. The fourth-order valence-electron chi connectivity index (χ4n) is 17.8. The van der Waals surface area contributed by atoms with Gasteiger partial charge >= 0.3 is 0 Å². The number of aryl methyl sites for hydroxylation is 4. The summed E-state index contributed by atoms with van der Waals surface area (Å²) in [5.74, 6) is 4.79. The molecule has 17 nitrogen and oxygen atoms in total. The predicted octanol–water partition coefficient (Wildman–Crippen LogP) is 24.3. The lowest BCUT2D eigenvalue weighted by molar-refractivity contribution is 0.598. The maximum Gasteiger partial charge on any atom is 0.178 e. The van der Waals surface area contributed by atoms with Gasteiger partial charge in [0.1, 0.15) is 47.0 Å². The van der Waals surface area contributed by atoms with Crippen LogP contribution in [-0.2, 0) is 0 Å². The molecule has 4 aliphatic heterocycles. The van der Waals surface area contributed by atoms with Crippen molar-refractivity contribution >= 4 is 162 Å². The predicted molar refractivity (Wildman–Crippen MR) is 456 cm³/mol. The first-order valence-corrected chi connectivity index (χ1v) is 38.6. The number of rotatable bonds is 8. The monoisotopic (exact) mass is 1460 g/mol. The van der Waals surface area contributed by atoms with E-state index >= 15 is 0 Å². The summed E-state index contributed by atoms with van der Waals surface area (Å²) in [6.45, 7) is 30.7. The van der Waals surface area contributed by atoms with Crippen LogP contribution in [0.5, 0.6) is 0 Å². The number of fused-ring (bicyclic) bond motifs is 16. The molecule has 17 aromatic rings. The summed E-state index contributed by atoms with van der Waals surface area (Å²) < 4.78 is 25.4. The molecular formula is C94H89N13O4. The van der Waals surface area contributed by atoms with Crippen molar-refractivity contribution in [3.8, 4) is 0 Å². The van der Waals surface area contributed by atoms with Crippen molar-refractivity contribution < 1.29 is 17.7 Å². The summed E-state index contributed by atoms with van der Waals surface area (Å²) in [7, 11) is 0. The number of hydrogen-bond acceptors (Lipinski definition) is 17. The van der Waals surface area contributed by atoms with E-state index in [0.29, 0.717) is 18.1 Å². The molecule has 21 rings (SSSR count). The Labute approximate surface area is 645 Å². The van der Waals surface area contributed by atoms with Crippen molar-refractivity contribution in [1.29, 1.82) is 0 Å². The molecular weight excluding hydrogens is 1380 g/mol. The molecule has 0 spiro atoms. The van der Waals surface area contributed by atoms with Crippen LogP contribution in [0.3, 0.4) is 0 Å². The number of nitrogens with zero attached hydrogens (tertiary/aromatic N) is 13. The van der Waals surface area contributed by atoms with E-state index in [1.807, 2.05) is 91.4 Å². The normalized spacial score (nSPS) is 16.5. The van der Waals surface area contributed by atoms with Crippen LogP contribution in [0.1, 0.15) is 91.5 Å². The van der Waals surface area contributed by atoms with Gasteiger partial charge < -0.3 is 47.1 Å². The van der Waals surface area contributed by atoms with Crippen molar-refractivity contribution in [1.82, 2.24) is 24.9 Å². The largest absolute Gasteiger partial charge is 0.454 e. The van der Waals surface area contributed by atoms with E-state index in [0.717, 1.165) is 162 Å². The van der Waals surface area contributed by atoms with Crippen LogP contribution >= 0.6 is 0 Å². The molecule has 0 saturated carbocycles. The number of anilines is 13. The first kappa shape index (κ1) is 69.8. The van der Waals surface area contributed by atoms with Gasteiger partial charge in [0.2, 0.25) is 0 Å². The molecule has 8 aromatic heterocycles. The van der Waals surface area contributed by atoms with Crippen LogP contribution in [0.4, 0.5) is 74.6 Å². The van der Waals surface area contributed by atoms with Crippen molar-refractivity contribution in [3.63, 3.8) is 0 Å². The third-order valence-corrected chi connectivity index (χ3v) is 22.6. The molecule has 0 fully saturated rings. The molecule has 9 aromatic carbocycles. The van der Waals surface area contributed by atoms with Crippen LogP contribution in [0.2, 0.25) is 0 Å². The Morgan fingerprint density at radius 1 is 0.252 bits per heavy atom. The van der Waals surface area contributed by atoms with Gasteiger partial charge in [-0.3, -0.25) is 9.80 Å². The average Bonchev–Trinajstić information content (AvgIpc) is 1.60. The van der Waals surface area contributed by atoms with Gasteiger partial charge in [-0.1, -0.05) is 140 Å². The molecule has 111 heavy (non-hydrogen) atoms. The highest BCUT2D eigenvalue weighted by Crippen LogP contribution is 2.54. The highest BCUT2D eigenvalue weighted by Gasteiger charge is 2.43. The minimum absolute atomic E-state index is 0.0508. The minimum atomic E-state index is 0.0508. The quantitative estimate of drug-likeness (QED) is 0.142.